The number of ether oxygens (including phenoxy) is 1. The molecule has 0 saturated carbocycles. The standard InChI is InChI=1S/C18H15BrN2O3/c19-13-7-5-12(6-8-13)11-21-16(22)18(20-17(21)23)9-10-24-15-4-2-1-3-14(15)18/h1-8H,9-11H2,(H,20,23). The number of para-hydroxylation sites is 1. The number of rotatable bonds is 2. The Bertz CT molecular complexity index is 821. The molecule has 0 radical (unpaired) electrons. The molecular formula is C18H15BrN2O3. The van der Waals surface area contributed by atoms with Gasteiger partial charge in [-0.15, -0.1) is 0 Å². The summed E-state index contributed by atoms with van der Waals surface area (Å²) in [5, 5.41) is 2.91. The average Bonchev–Trinajstić information content (AvgIpc) is 2.82. The van der Waals surface area contributed by atoms with Crippen LogP contribution in [0.25, 0.3) is 0 Å². The summed E-state index contributed by atoms with van der Waals surface area (Å²) in [5.74, 6) is 0.439. The van der Waals surface area contributed by atoms with Gasteiger partial charge in [0.15, 0.2) is 5.54 Å². The third-order valence-corrected chi connectivity index (χ3v) is 5.04. The van der Waals surface area contributed by atoms with Crippen LogP contribution in [-0.2, 0) is 16.9 Å². The number of carbonyl (C=O) groups is 2. The van der Waals surface area contributed by atoms with Crippen molar-refractivity contribution in [3.8, 4) is 5.75 Å². The fraction of sp³-hybridized carbons (Fsp3) is 0.222. The number of fused-ring (bicyclic) bond motifs is 2. The Morgan fingerprint density at radius 3 is 2.67 bits per heavy atom. The second-order valence-electron chi connectivity index (χ2n) is 5.95. The van der Waals surface area contributed by atoms with Crippen LogP contribution in [0, 0.1) is 0 Å². The van der Waals surface area contributed by atoms with Gasteiger partial charge in [-0.3, -0.25) is 9.69 Å². The lowest BCUT2D eigenvalue weighted by molar-refractivity contribution is -0.133. The third-order valence-electron chi connectivity index (χ3n) is 4.51. The molecular weight excluding hydrogens is 372 g/mol. The number of carbonyl (C=O) groups excluding carboxylic acids is 2. The molecule has 2 heterocycles. The van der Waals surface area contributed by atoms with Gasteiger partial charge in [0.05, 0.1) is 13.2 Å². The van der Waals surface area contributed by atoms with E-state index in [0.717, 1.165) is 15.6 Å². The number of nitrogens with zero attached hydrogens (tertiary/aromatic N) is 1. The first-order valence-corrected chi connectivity index (χ1v) is 8.50. The van der Waals surface area contributed by atoms with E-state index >= 15 is 0 Å². The molecule has 0 bridgehead atoms. The van der Waals surface area contributed by atoms with Crippen molar-refractivity contribution in [3.05, 3.63) is 64.1 Å². The van der Waals surface area contributed by atoms with Crippen molar-refractivity contribution in [2.45, 2.75) is 18.5 Å². The molecule has 3 amide bonds. The summed E-state index contributed by atoms with van der Waals surface area (Å²) in [6.45, 7) is 0.651. The molecule has 1 atom stereocenters. The zero-order valence-corrected chi connectivity index (χ0v) is 14.4. The van der Waals surface area contributed by atoms with Crippen molar-refractivity contribution >= 4 is 27.9 Å². The van der Waals surface area contributed by atoms with E-state index in [1.54, 1.807) is 0 Å². The molecule has 0 aromatic heterocycles. The Labute approximate surface area is 147 Å². The molecule has 2 aromatic carbocycles. The van der Waals surface area contributed by atoms with Crippen LogP contribution in [0.3, 0.4) is 0 Å². The number of nitrogens with one attached hydrogen (secondary N) is 1. The summed E-state index contributed by atoms with van der Waals surface area (Å²) in [6.07, 6.45) is 0.436. The van der Waals surface area contributed by atoms with Crippen LogP contribution in [0.4, 0.5) is 4.79 Å². The van der Waals surface area contributed by atoms with E-state index in [2.05, 4.69) is 21.2 Å². The van der Waals surface area contributed by atoms with Gasteiger partial charge in [-0.05, 0) is 23.8 Å². The topological polar surface area (TPSA) is 58.6 Å². The van der Waals surface area contributed by atoms with Crippen LogP contribution < -0.4 is 10.1 Å². The third kappa shape index (κ3) is 2.29. The first-order chi connectivity index (χ1) is 11.6. The van der Waals surface area contributed by atoms with Gasteiger partial charge < -0.3 is 10.1 Å². The van der Waals surface area contributed by atoms with E-state index in [1.807, 2.05) is 48.5 Å². The van der Waals surface area contributed by atoms with Gasteiger partial charge in [-0.2, -0.15) is 0 Å². The van der Waals surface area contributed by atoms with Gasteiger partial charge >= 0.3 is 6.03 Å². The smallest absolute Gasteiger partial charge is 0.325 e. The van der Waals surface area contributed by atoms with E-state index in [0.29, 0.717) is 18.8 Å². The summed E-state index contributed by atoms with van der Waals surface area (Å²) in [4.78, 5) is 26.9. The molecule has 2 aromatic rings. The summed E-state index contributed by atoms with van der Waals surface area (Å²) in [7, 11) is 0. The van der Waals surface area contributed by atoms with Gasteiger partial charge in [0.2, 0.25) is 0 Å². The van der Waals surface area contributed by atoms with Crippen molar-refractivity contribution < 1.29 is 14.3 Å². The molecule has 1 spiro atoms. The molecule has 2 aliphatic heterocycles. The highest BCUT2D eigenvalue weighted by molar-refractivity contribution is 9.10. The average molecular weight is 387 g/mol. The second-order valence-corrected chi connectivity index (χ2v) is 6.86. The monoisotopic (exact) mass is 386 g/mol. The Kier molecular flexibility index (Phi) is 3.57. The Morgan fingerprint density at radius 2 is 1.88 bits per heavy atom. The number of amides is 3. The molecule has 1 N–H and O–H groups in total. The lowest BCUT2D eigenvalue weighted by atomic mass is 9.84. The molecule has 24 heavy (non-hydrogen) atoms. The fourth-order valence-corrected chi connectivity index (χ4v) is 3.55. The first kappa shape index (κ1) is 15.2. The number of hydrogen-bond acceptors (Lipinski definition) is 3. The van der Waals surface area contributed by atoms with E-state index in [1.165, 1.54) is 4.90 Å². The highest BCUT2D eigenvalue weighted by Crippen LogP contribution is 2.41. The van der Waals surface area contributed by atoms with Crippen LogP contribution in [-0.4, -0.2) is 23.4 Å². The van der Waals surface area contributed by atoms with E-state index < -0.39 is 5.54 Å². The lowest BCUT2D eigenvalue weighted by Gasteiger charge is -2.33. The molecule has 0 aliphatic carbocycles. The maximum atomic E-state index is 13.1. The molecule has 1 fully saturated rings. The van der Waals surface area contributed by atoms with Crippen molar-refractivity contribution in [1.82, 2.24) is 10.2 Å². The maximum absolute atomic E-state index is 13.1. The van der Waals surface area contributed by atoms with Gasteiger partial charge in [0.1, 0.15) is 5.75 Å². The predicted molar refractivity (Wildman–Crippen MR) is 91.5 cm³/mol. The quantitative estimate of drug-likeness (QED) is 0.806. The molecule has 5 nitrogen and oxygen atoms in total. The number of urea groups is 1. The van der Waals surface area contributed by atoms with Gasteiger partial charge in [-0.25, -0.2) is 4.79 Å². The van der Waals surface area contributed by atoms with Gasteiger partial charge in [-0.1, -0.05) is 46.3 Å². The minimum atomic E-state index is -1.01. The SMILES string of the molecule is O=C1NC2(CCOc3ccccc32)C(=O)N1Cc1ccc(Br)cc1. The van der Waals surface area contributed by atoms with Crippen LogP contribution in [0.1, 0.15) is 17.5 Å². The summed E-state index contributed by atoms with van der Waals surface area (Å²) in [6, 6.07) is 14.6. The van der Waals surface area contributed by atoms with E-state index in [4.69, 9.17) is 4.74 Å². The molecule has 6 heteroatoms. The van der Waals surface area contributed by atoms with E-state index in [9.17, 15) is 9.59 Å². The largest absolute Gasteiger partial charge is 0.493 e. The van der Waals surface area contributed by atoms with Crippen molar-refractivity contribution in [3.63, 3.8) is 0 Å². The predicted octanol–water partition coefficient (Wildman–Crippen LogP) is 3.18. The van der Waals surface area contributed by atoms with Crippen molar-refractivity contribution in [2.24, 2.45) is 0 Å². The first-order valence-electron chi connectivity index (χ1n) is 7.71. The number of halogens is 1. The van der Waals surface area contributed by atoms with Gasteiger partial charge in [0.25, 0.3) is 5.91 Å². The zero-order valence-electron chi connectivity index (χ0n) is 12.8. The summed E-state index contributed by atoms with van der Waals surface area (Å²) >= 11 is 3.38. The minimum Gasteiger partial charge on any atom is -0.493 e. The van der Waals surface area contributed by atoms with E-state index in [-0.39, 0.29) is 18.5 Å². The Hall–Kier alpha value is -2.34. The van der Waals surface area contributed by atoms with Crippen molar-refractivity contribution in [2.75, 3.05) is 6.61 Å². The number of imide groups is 1. The minimum absolute atomic E-state index is 0.217. The van der Waals surface area contributed by atoms with Crippen LogP contribution >= 0.6 is 15.9 Å². The summed E-state index contributed by atoms with van der Waals surface area (Å²) < 4.78 is 6.59. The Morgan fingerprint density at radius 1 is 1.12 bits per heavy atom. The molecule has 1 unspecified atom stereocenters. The molecule has 1 saturated heterocycles. The van der Waals surface area contributed by atoms with Gasteiger partial charge in [0, 0.05) is 16.5 Å². The highest BCUT2D eigenvalue weighted by atomic mass is 79.9. The number of hydrogen-bond donors (Lipinski definition) is 1. The van der Waals surface area contributed by atoms with Crippen LogP contribution in [0.15, 0.2) is 53.0 Å². The fourth-order valence-electron chi connectivity index (χ4n) is 3.29. The normalized spacial score (nSPS) is 22.3. The number of benzene rings is 2. The maximum Gasteiger partial charge on any atom is 0.325 e. The van der Waals surface area contributed by atoms with Crippen LogP contribution in [0.5, 0.6) is 5.75 Å². The zero-order chi connectivity index (χ0) is 16.7. The summed E-state index contributed by atoms with van der Waals surface area (Å²) in [5.41, 5.74) is 0.619. The molecule has 122 valence electrons. The lowest BCUT2D eigenvalue weighted by Crippen LogP contribution is -2.47. The molecule has 4 rings (SSSR count). The van der Waals surface area contributed by atoms with Crippen molar-refractivity contribution in [1.29, 1.82) is 0 Å². The Balaban J connectivity index is 1.68. The second kappa shape index (κ2) is 5.63. The molecule has 2 aliphatic rings. The van der Waals surface area contributed by atoms with Crippen LogP contribution in [0.2, 0.25) is 0 Å². The highest BCUT2D eigenvalue weighted by Gasteiger charge is 2.54.